The van der Waals surface area contributed by atoms with Crippen LogP contribution in [0.2, 0.25) is 0 Å². The Balaban J connectivity index is 1.58. The Hall–Kier alpha value is -3.00. The lowest BCUT2D eigenvalue weighted by atomic mass is 10.1. The molecule has 0 fully saturated rings. The minimum absolute atomic E-state index is 0.312. The maximum Gasteiger partial charge on any atom is 0.257 e. The van der Waals surface area contributed by atoms with Gasteiger partial charge in [0.1, 0.15) is 5.00 Å². The molecule has 3 aromatic heterocycles. The van der Waals surface area contributed by atoms with Gasteiger partial charge in [0.25, 0.3) is 11.8 Å². The summed E-state index contributed by atoms with van der Waals surface area (Å²) in [4.78, 5) is 30.1. The average Bonchev–Trinajstić information content (AvgIpc) is 3.25. The number of nitrogens with zero attached hydrogens (tertiary/aromatic N) is 3. The van der Waals surface area contributed by atoms with Crippen molar-refractivity contribution < 1.29 is 9.59 Å². The van der Waals surface area contributed by atoms with E-state index in [1.165, 1.54) is 17.5 Å². The standard InChI is InChI=1S/C19H19N5O2S/c20-17(25)16-13-5-2-1-3-6-14(13)27-19(16)23-18(26)12-7-8-15(21-11-12)24-10-4-9-22-24/h4,7-11H,1-3,5-6H2,(H2,20,25)(H,23,26). The molecule has 8 heteroatoms. The Morgan fingerprint density at radius 3 is 2.74 bits per heavy atom. The number of anilines is 1. The number of primary amides is 1. The molecule has 1 aliphatic carbocycles. The molecule has 27 heavy (non-hydrogen) atoms. The quantitative estimate of drug-likeness (QED) is 0.678. The van der Waals surface area contributed by atoms with Gasteiger partial charge in [-0.25, -0.2) is 9.67 Å². The molecule has 4 rings (SSSR count). The van der Waals surface area contributed by atoms with Gasteiger partial charge in [0.05, 0.1) is 11.1 Å². The van der Waals surface area contributed by atoms with E-state index in [1.54, 1.807) is 35.3 Å². The van der Waals surface area contributed by atoms with Crippen molar-refractivity contribution in [2.24, 2.45) is 5.73 Å². The molecule has 0 radical (unpaired) electrons. The molecule has 3 heterocycles. The van der Waals surface area contributed by atoms with Crippen molar-refractivity contribution in [3.63, 3.8) is 0 Å². The summed E-state index contributed by atoms with van der Waals surface area (Å²) in [6.45, 7) is 0. The summed E-state index contributed by atoms with van der Waals surface area (Å²) in [5.41, 5.74) is 7.50. The SMILES string of the molecule is NC(=O)c1c(NC(=O)c2ccc(-n3cccn3)nc2)sc2c1CCCCC2. The van der Waals surface area contributed by atoms with Crippen LogP contribution in [0.25, 0.3) is 5.82 Å². The summed E-state index contributed by atoms with van der Waals surface area (Å²) in [5, 5.41) is 7.50. The second-order valence-electron chi connectivity index (χ2n) is 6.44. The van der Waals surface area contributed by atoms with Gasteiger partial charge in [-0.15, -0.1) is 11.3 Å². The van der Waals surface area contributed by atoms with Crippen molar-refractivity contribution in [2.45, 2.75) is 32.1 Å². The van der Waals surface area contributed by atoms with Gasteiger partial charge in [-0.1, -0.05) is 6.42 Å². The fourth-order valence-electron chi connectivity index (χ4n) is 3.33. The molecule has 138 valence electrons. The monoisotopic (exact) mass is 381 g/mol. The normalized spacial score (nSPS) is 13.6. The highest BCUT2D eigenvalue weighted by molar-refractivity contribution is 7.17. The number of amides is 2. The van der Waals surface area contributed by atoms with Gasteiger partial charge >= 0.3 is 0 Å². The van der Waals surface area contributed by atoms with Gasteiger partial charge in [-0.3, -0.25) is 9.59 Å². The van der Waals surface area contributed by atoms with Crippen LogP contribution in [0.5, 0.6) is 0 Å². The highest BCUT2D eigenvalue weighted by atomic mass is 32.1. The molecule has 0 aliphatic heterocycles. The summed E-state index contributed by atoms with van der Waals surface area (Å²) in [5.74, 6) is -0.178. The lowest BCUT2D eigenvalue weighted by molar-refractivity contribution is 0.100. The highest BCUT2D eigenvalue weighted by Gasteiger charge is 2.24. The highest BCUT2D eigenvalue weighted by Crippen LogP contribution is 2.37. The molecule has 1 aliphatic rings. The van der Waals surface area contributed by atoms with Crippen molar-refractivity contribution in [1.82, 2.24) is 14.8 Å². The predicted octanol–water partition coefficient (Wildman–Crippen LogP) is 2.95. The van der Waals surface area contributed by atoms with Gasteiger partial charge in [-0.05, 0) is 49.4 Å². The van der Waals surface area contributed by atoms with Gasteiger partial charge in [0, 0.05) is 23.5 Å². The number of carbonyl (C=O) groups excluding carboxylic acids is 2. The van der Waals surface area contributed by atoms with Crippen molar-refractivity contribution in [1.29, 1.82) is 0 Å². The molecule has 7 nitrogen and oxygen atoms in total. The summed E-state index contributed by atoms with van der Waals surface area (Å²) in [6.07, 6.45) is 9.98. The Morgan fingerprint density at radius 2 is 2.04 bits per heavy atom. The summed E-state index contributed by atoms with van der Waals surface area (Å²) >= 11 is 1.46. The average molecular weight is 381 g/mol. The van der Waals surface area contributed by atoms with Gasteiger partial charge in [0.2, 0.25) is 0 Å². The maximum atomic E-state index is 12.6. The second-order valence-corrected chi connectivity index (χ2v) is 7.55. The number of nitrogens with one attached hydrogen (secondary N) is 1. The molecule has 0 atom stereocenters. The zero-order chi connectivity index (χ0) is 18.8. The first-order chi connectivity index (χ1) is 13.1. The Morgan fingerprint density at radius 1 is 1.19 bits per heavy atom. The third-order valence-corrected chi connectivity index (χ3v) is 5.85. The number of rotatable bonds is 4. The van der Waals surface area contributed by atoms with E-state index >= 15 is 0 Å². The molecule has 0 spiro atoms. The number of carbonyl (C=O) groups is 2. The van der Waals surface area contributed by atoms with Crippen LogP contribution in [-0.4, -0.2) is 26.6 Å². The molecule has 0 saturated heterocycles. The lowest BCUT2D eigenvalue weighted by Crippen LogP contribution is -2.18. The van der Waals surface area contributed by atoms with Gasteiger partial charge in [0.15, 0.2) is 5.82 Å². The number of pyridine rings is 1. The molecule has 0 saturated carbocycles. The smallest absolute Gasteiger partial charge is 0.257 e. The fourth-order valence-corrected chi connectivity index (χ4v) is 4.62. The molecular formula is C19H19N5O2S. The van der Waals surface area contributed by atoms with Crippen LogP contribution < -0.4 is 11.1 Å². The van der Waals surface area contributed by atoms with Crippen LogP contribution >= 0.6 is 11.3 Å². The second kappa shape index (κ2) is 7.32. The molecule has 0 unspecified atom stereocenters. The van der Waals surface area contributed by atoms with E-state index in [0.717, 1.165) is 42.5 Å². The van der Waals surface area contributed by atoms with E-state index in [2.05, 4.69) is 15.4 Å². The number of nitrogens with two attached hydrogens (primary N) is 1. The van der Waals surface area contributed by atoms with E-state index in [1.807, 2.05) is 0 Å². The molecular weight excluding hydrogens is 362 g/mol. The Bertz CT molecular complexity index is 976. The third-order valence-electron chi connectivity index (χ3n) is 4.64. The number of hydrogen-bond donors (Lipinski definition) is 2. The largest absolute Gasteiger partial charge is 0.365 e. The number of aromatic nitrogens is 3. The molecule has 0 bridgehead atoms. The van der Waals surface area contributed by atoms with Crippen LogP contribution in [0.1, 0.15) is 50.4 Å². The van der Waals surface area contributed by atoms with Crippen LogP contribution in [-0.2, 0) is 12.8 Å². The Labute approximate surface area is 160 Å². The van der Waals surface area contributed by atoms with Crippen LogP contribution in [0.4, 0.5) is 5.00 Å². The summed E-state index contributed by atoms with van der Waals surface area (Å²) in [6, 6.07) is 5.21. The lowest BCUT2D eigenvalue weighted by Gasteiger charge is -2.07. The van der Waals surface area contributed by atoms with E-state index in [0.29, 0.717) is 21.9 Å². The maximum absolute atomic E-state index is 12.6. The Kier molecular flexibility index (Phi) is 4.72. The van der Waals surface area contributed by atoms with Crippen LogP contribution in [0.3, 0.4) is 0 Å². The molecule has 3 N–H and O–H groups in total. The first kappa shape index (κ1) is 17.4. The van der Waals surface area contributed by atoms with E-state index in [4.69, 9.17) is 5.73 Å². The van der Waals surface area contributed by atoms with E-state index < -0.39 is 5.91 Å². The molecule has 0 aromatic carbocycles. The van der Waals surface area contributed by atoms with Crippen molar-refractivity contribution >= 4 is 28.2 Å². The van der Waals surface area contributed by atoms with Crippen LogP contribution in [0, 0.1) is 0 Å². The predicted molar refractivity (Wildman–Crippen MR) is 103 cm³/mol. The topological polar surface area (TPSA) is 103 Å². The first-order valence-electron chi connectivity index (χ1n) is 8.85. The molecule has 3 aromatic rings. The fraction of sp³-hybridized carbons (Fsp3) is 0.263. The third kappa shape index (κ3) is 3.48. The van der Waals surface area contributed by atoms with Crippen molar-refractivity contribution in [3.8, 4) is 5.82 Å². The van der Waals surface area contributed by atoms with Crippen molar-refractivity contribution in [2.75, 3.05) is 5.32 Å². The number of hydrogen-bond acceptors (Lipinski definition) is 5. The number of fused-ring (bicyclic) bond motifs is 1. The number of thiophene rings is 1. The minimum atomic E-state index is -0.489. The zero-order valence-corrected chi connectivity index (χ0v) is 15.5. The van der Waals surface area contributed by atoms with E-state index in [-0.39, 0.29) is 5.91 Å². The van der Waals surface area contributed by atoms with Gasteiger partial charge < -0.3 is 11.1 Å². The first-order valence-corrected chi connectivity index (χ1v) is 9.67. The van der Waals surface area contributed by atoms with Crippen LogP contribution in [0.15, 0.2) is 36.8 Å². The summed E-state index contributed by atoms with van der Waals surface area (Å²) < 4.78 is 1.61. The minimum Gasteiger partial charge on any atom is -0.365 e. The van der Waals surface area contributed by atoms with E-state index in [9.17, 15) is 9.59 Å². The molecule has 2 amide bonds. The number of aryl methyl sites for hydroxylation is 1. The van der Waals surface area contributed by atoms with Crippen molar-refractivity contribution in [3.05, 3.63) is 58.4 Å². The van der Waals surface area contributed by atoms with Gasteiger partial charge in [-0.2, -0.15) is 5.10 Å². The summed E-state index contributed by atoms with van der Waals surface area (Å²) in [7, 11) is 0. The zero-order valence-electron chi connectivity index (χ0n) is 14.6.